The second kappa shape index (κ2) is 7.34. The number of likely N-dealkylation sites (N-methyl/N-ethyl adjacent to an activating group) is 1. The van der Waals surface area contributed by atoms with Crippen molar-refractivity contribution in [3.63, 3.8) is 0 Å². The van der Waals surface area contributed by atoms with Crippen LogP contribution in [0, 0.1) is 5.92 Å². The van der Waals surface area contributed by atoms with Gasteiger partial charge in [-0.1, -0.05) is 25.7 Å². The molecule has 1 rings (SSSR count). The fourth-order valence-electron chi connectivity index (χ4n) is 2.85. The maximum atomic E-state index is 10.2. The van der Waals surface area contributed by atoms with Crippen LogP contribution in [0.4, 0.5) is 0 Å². The third-order valence-electron chi connectivity index (χ3n) is 3.57. The minimum absolute atomic E-state index is 0.617. The van der Waals surface area contributed by atoms with Gasteiger partial charge in [-0.05, 0) is 46.3 Å². The van der Waals surface area contributed by atoms with Crippen molar-refractivity contribution in [2.45, 2.75) is 51.0 Å². The van der Waals surface area contributed by atoms with Gasteiger partial charge in [-0.25, -0.2) is 0 Å². The van der Waals surface area contributed by atoms with Gasteiger partial charge in [0.2, 0.25) is 0 Å². The number of hydrogen-bond donors (Lipinski definition) is 2. The van der Waals surface area contributed by atoms with Crippen LogP contribution in [0.5, 0.6) is 0 Å². The van der Waals surface area contributed by atoms with Crippen molar-refractivity contribution < 1.29 is 5.11 Å². The molecule has 0 amide bonds. The van der Waals surface area contributed by atoms with Crippen LogP contribution >= 0.6 is 0 Å². The summed E-state index contributed by atoms with van der Waals surface area (Å²) in [6.07, 6.45) is 8.33. The number of nitrogens with one attached hydrogen (secondary N) is 1. The van der Waals surface area contributed by atoms with E-state index in [1.54, 1.807) is 0 Å². The smallest absolute Gasteiger partial charge is 0.0869 e. The van der Waals surface area contributed by atoms with E-state index in [0.29, 0.717) is 13.1 Å². The van der Waals surface area contributed by atoms with Gasteiger partial charge in [0.05, 0.1) is 5.60 Å². The van der Waals surface area contributed by atoms with E-state index < -0.39 is 5.60 Å². The van der Waals surface area contributed by atoms with Gasteiger partial charge in [-0.2, -0.15) is 0 Å². The first-order valence-electron chi connectivity index (χ1n) is 7.07. The van der Waals surface area contributed by atoms with Gasteiger partial charge in [0.25, 0.3) is 0 Å². The highest BCUT2D eigenvalue weighted by atomic mass is 16.3. The quantitative estimate of drug-likeness (QED) is 0.698. The highest BCUT2D eigenvalue weighted by molar-refractivity contribution is 4.79. The Morgan fingerprint density at radius 3 is 2.29 bits per heavy atom. The first-order chi connectivity index (χ1) is 7.99. The second-order valence-electron chi connectivity index (χ2n) is 6.22. The van der Waals surface area contributed by atoms with Gasteiger partial charge in [0, 0.05) is 13.1 Å². The van der Waals surface area contributed by atoms with E-state index in [1.165, 1.54) is 38.5 Å². The first kappa shape index (κ1) is 14.9. The van der Waals surface area contributed by atoms with Gasteiger partial charge < -0.3 is 15.3 Å². The van der Waals surface area contributed by atoms with E-state index in [0.717, 1.165) is 12.5 Å². The van der Waals surface area contributed by atoms with Crippen molar-refractivity contribution in [1.82, 2.24) is 10.2 Å². The molecule has 0 aromatic heterocycles. The molecule has 1 aliphatic rings. The Morgan fingerprint density at radius 1 is 1.18 bits per heavy atom. The zero-order chi connectivity index (χ0) is 12.7. The van der Waals surface area contributed by atoms with Crippen molar-refractivity contribution in [2.24, 2.45) is 5.92 Å². The van der Waals surface area contributed by atoms with Crippen LogP contribution in [0.3, 0.4) is 0 Å². The summed E-state index contributed by atoms with van der Waals surface area (Å²) >= 11 is 0. The fraction of sp³-hybridized carbons (Fsp3) is 1.00. The van der Waals surface area contributed by atoms with Crippen LogP contribution in [0.25, 0.3) is 0 Å². The topological polar surface area (TPSA) is 35.5 Å². The maximum Gasteiger partial charge on any atom is 0.0869 e. The first-order valence-corrected chi connectivity index (χ1v) is 7.07. The molecule has 0 radical (unpaired) electrons. The molecule has 17 heavy (non-hydrogen) atoms. The molecule has 0 heterocycles. The van der Waals surface area contributed by atoms with Gasteiger partial charge >= 0.3 is 0 Å². The SMILES string of the molecule is CN(C)CC(C)(O)CNCC1CCCCCC1. The normalized spacial score (nSPS) is 22.4. The molecular weight excluding hydrogens is 212 g/mol. The maximum absolute atomic E-state index is 10.2. The number of rotatable bonds is 6. The van der Waals surface area contributed by atoms with Gasteiger partial charge in [-0.3, -0.25) is 0 Å². The Hall–Kier alpha value is -0.120. The zero-order valence-electron chi connectivity index (χ0n) is 11.8. The summed E-state index contributed by atoms with van der Waals surface area (Å²) in [7, 11) is 4.00. The molecule has 2 N–H and O–H groups in total. The van der Waals surface area contributed by atoms with Crippen LogP contribution in [0.2, 0.25) is 0 Å². The molecule has 3 heteroatoms. The Kier molecular flexibility index (Phi) is 6.45. The predicted octanol–water partition coefficient (Wildman–Crippen LogP) is 1.86. The average Bonchev–Trinajstić information content (AvgIpc) is 2.43. The van der Waals surface area contributed by atoms with Crippen molar-refractivity contribution >= 4 is 0 Å². The minimum Gasteiger partial charge on any atom is -0.388 e. The van der Waals surface area contributed by atoms with Gasteiger partial charge in [-0.15, -0.1) is 0 Å². The largest absolute Gasteiger partial charge is 0.388 e. The molecule has 1 unspecified atom stereocenters. The van der Waals surface area contributed by atoms with E-state index in [4.69, 9.17) is 0 Å². The summed E-state index contributed by atoms with van der Waals surface area (Å²) in [5.41, 5.74) is -0.617. The molecule has 0 aromatic carbocycles. The van der Waals surface area contributed by atoms with Crippen LogP contribution in [-0.4, -0.2) is 49.3 Å². The Labute approximate surface area is 107 Å². The molecule has 0 aromatic rings. The lowest BCUT2D eigenvalue weighted by Gasteiger charge is -2.28. The van der Waals surface area contributed by atoms with E-state index in [2.05, 4.69) is 5.32 Å². The van der Waals surface area contributed by atoms with E-state index in [-0.39, 0.29) is 0 Å². The molecule has 1 fully saturated rings. The Balaban J connectivity index is 2.17. The van der Waals surface area contributed by atoms with E-state index in [1.807, 2.05) is 25.9 Å². The van der Waals surface area contributed by atoms with Crippen LogP contribution in [0.1, 0.15) is 45.4 Å². The Bertz CT molecular complexity index is 196. The van der Waals surface area contributed by atoms with Crippen molar-refractivity contribution in [1.29, 1.82) is 0 Å². The van der Waals surface area contributed by atoms with Crippen molar-refractivity contribution in [2.75, 3.05) is 33.7 Å². The van der Waals surface area contributed by atoms with Crippen molar-refractivity contribution in [3.8, 4) is 0 Å². The molecule has 1 atom stereocenters. The summed E-state index contributed by atoms with van der Waals surface area (Å²) < 4.78 is 0. The highest BCUT2D eigenvalue weighted by Crippen LogP contribution is 2.22. The molecule has 0 aliphatic heterocycles. The summed E-state index contributed by atoms with van der Waals surface area (Å²) in [4.78, 5) is 2.04. The molecule has 1 aliphatic carbocycles. The lowest BCUT2D eigenvalue weighted by molar-refractivity contribution is 0.0330. The van der Waals surface area contributed by atoms with Crippen molar-refractivity contribution in [3.05, 3.63) is 0 Å². The van der Waals surface area contributed by atoms with Gasteiger partial charge in [0.15, 0.2) is 0 Å². The monoisotopic (exact) mass is 242 g/mol. The summed E-state index contributed by atoms with van der Waals surface area (Å²) in [5.74, 6) is 0.827. The molecule has 3 nitrogen and oxygen atoms in total. The number of aliphatic hydroxyl groups is 1. The van der Waals surface area contributed by atoms with Crippen LogP contribution < -0.4 is 5.32 Å². The Morgan fingerprint density at radius 2 is 1.76 bits per heavy atom. The van der Waals surface area contributed by atoms with Crippen LogP contribution in [0.15, 0.2) is 0 Å². The van der Waals surface area contributed by atoms with E-state index in [9.17, 15) is 5.11 Å². The molecular formula is C14H30N2O. The fourth-order valence-corrected chi connectivity index (χ4v) is 2.85. The summed E-state index contributed by atoms with van der Waals surface area (Å²) in [5, 5.41) is 13.6. The lowest BCUT2D eigenvalue weighted by Crippen LogP contribution is -2.46. The van der Waals surface area contributed by atoms with Gasteiger partial charge in [0.1, 0.15) is 0 Å². The molecule has 102 valence electrons. The standard InChI is InChI=1S/C14H30N2O/c1-14(17,12-16(2)3)11-15-10-13-8-6-4-5-7-9-13/h13,15,17H,4-12H2,1-3H3. The average molecular weight is 242 g/mol. The third-order valence-corrected chi connectivity index (χ3v) is 3.57. The summed E-state index contributed by atoms with van der Waals surface area (Å²) in [6.45, 7) is 4.39. The molecule has 0 spiro atoms. The molecule has 1 saturated carbocycles. The summed E-state index contributed by atoms with van der Waals surface area (Å²) in [6, 6.07) is 0. The lowest BCUT2D eigenvalue weighted by atomic mass is 9.99. The van der Waals surface area contributed by atoms with E-state index >= 15 is 0 Å². The molecule has 0 bridgehead atoms. The second-order valence-corrected chi connectivity index (χ2v) is 6.22. The third kappa shape index (κ3) is 7.02. The minimum atomic E-state index is -0.617. The predicted molar refractivity (Wildman–Crippen MR) is 73.2 cm³/mol. The number of hydrogen-bond acceptors (Lipinski definition) is 3. The number of nitrogens with zero attached hydrogens (tertiary/aromatic N) is 1. The molecule has 0 saturated heterocycles. The van der Waals surface area contributed by atoms with Crippen LogP contribution in [-0.2, 0) is 0 Å². The zero-order valence-corrected chi connectivity index (χ0v) is 11.8. The highest BCUT2D eigenvalue weighted by Gasteiger charge is 2.21.